The molecule has 1 unspecified atom stereocenters. The van der Waals surface area contributed by atoms with Crippen LogP contribution < -0.4 is 10.6 Å². The molecule has 1 saturated carbocycles. The van der Waals surface area contributed by atoms with Crippen LogP contribution in [0.1, 0.15) is 25.3 Å². The van der Waals surface area contributed by atoms with Gasteiger partial charge in [0.25, 0.3) is 0 Å². The summed E-state index contributed by atoms with van der Waals surface area (Å²) in [5.41, 5.74) is 1.33. The second-order valence-electron chi connectivity index (χ2n) is 5.47. The minimum atomic E-state index is -0.144. The van der Waals surface area contributed by atoms with Gasteiger partial charge in [-0.2, -0.15) is 0 Å². The molecule has 1 fully saturated rings. The van der Waals surface area contributed by atoms with Gasteiger partial charge >= 0.3 is 6.03 Å². The average Bonchev–Trinajstić information content (AvgIpc) is 3.18. The Morgan fingerprint density at radius 2 is 2.05 bits per heavy atom. The van der Waals surface area contributed by atoms with E-state index in [0.29, 0.717) is 13.2 Å². The number of rotatable bonds is 6. The molecule has 0 heterocycles. The fourth-order valence-corrected chi connectivity index (χ4v) is 2.46. The maximum atomic E-state index is 11.8. The van der Waals surface area contributed by atoms with E-state index in [0.717, 1.165) is 17.9 Å². The second kappa shape index (κ2) is 6.46. The van der Waals surface area contributed by atoms with Crippen LogP contribution in [0.2, 0.25) is 5.02 Å². The summed E-state index contributed by atoms with van der Waals surface area (Å²) in [6, 6.07) is 7.75. The van der Waals surface area contributed by atoms with E-state index in [9.17, 15) is 4.79 Å². The van der Waals surface area contributed by atoms with Crippen molar-refractivity contribution in [1.29, 1.82) is 0 Å². The van der Waals surface area contributed by atoms with Crippen LogP contribution in [0.4, 0.5) is 4.79 Å². The molecule has 1 aromatic rings. The van der Waals surface area contributed by atoms with Gasteiger partial charge in [0.1, 0.15) is 0 Å². The average molecular weight is 297 g/mol. The Labute approximate surface area is 124 Å². The first-order chi connectivity index (χ1) is 9.55. The van der Waals surface area contributed by atoms with Crippen molar-refractivity contribution in [3.63, 3.8) is 0 Å². The van der Waals surface area contributed by atoms with Gasteiger partial charge in [0.05, 0.1) is 12.6 Å². The molecule has 110 valence electrons. The highest BCUT2D eigenvalue weighted by Gasteiger charge is 2.44. The smallest absolute Gasteiger partial charge is 0.315 e. The molecule has 0 radical (unpaired) electrons. The number of amides is 2. The minimum absolute atomic E-state index is 0.00526. The summed E-state index contributed by atoms with van der Waals surface area (Å²) in [7, 11) is 1.62. The highest BCUT2D eigenvalue weighted by molar-refractivity contribution is 6.30. The molecule has 20 heavy (non-hydrogen) atoms. The van der Waals surface area contributed by atoms with E-state index in [2.05, 4.69) is 10.6 Å². The third kappa shape index (κ3) is 3.87. The third-order valence-electron chi connectivity index (χ3n) is 3.69. The van der Waals surface area contributed by atoms with Gasteiger partial charge in [-0.1, -0.05) is 23.7 Å². The summed E-state index contributed by atoms with van der Waals surface area (Å²) in [5.74, 6) is 0. The molecule has 2 N–H and O–H groups in total. The molecule has 0 aromatic heterocycles. The topological polar surface area (TPSA) is 50.4 Å². The monoisotopic (exact) mass is 296 g/mol. The highest BCUT2D eigenvalue weighted by Crippen LogP contribution is 2.47. The van der Waals surface area contributed by atoms with Crippen molar-refractivity contribution in [2.24, 2.45) is 0 Å². The van der Waals surface area contributed by atoms with E-state index < -0.39 is 0 Å². The summed E-state index contributed by atoms with van der Waals surface area (Å²) >= 11 is 5.91. The molecular formula is C15H21ClN2O2. The van der Waals surface area contributed by atoms with Crippen molar-refractivity contribution in [3.8, 4) is 0 Å². The molecule has 1 aliphatic carbocycles. The van der Waals surface area contributed by atoms with Gasteiger partial charge in [0, 0.05) is 24.1 Å². The molecule has 1 aliphatic rings. The Morgan fingerprint density at radius 1 is 1.40 bits per heavy atom. The van der Waals surface area contributed by atoms with E-state index in [4.69, 9.17) is 16.3 Å². The van der Waals surface area contributed by atoms with Crippen LogP contribution in [-0.4, -0.2) is 32.3 Å². The SMILES string of the molecule is COCC(C)NC(=O)NCC1(c2ccc(Cl)cc2)CC1. The first kappa shape index (κ1) is 15.1. The quantitative estimate of drug-likeness (QED) is 0.848. The van der Waals surface area contributed by atoms with E-state index in [1.54, 1.807) is 7.11 Å². The molecular weight excluding hydrogens is 276 g/mol. The number of urea groups is 1. The van der Waals surface area contributed by atoms with Gasteiger partial charge < -0.3 is 15.4 Å². The standard InChI is InChI=1S/C15H21ClN2O2/c1-11(9-20-2)18-14(19)17-10-15(7-8-15)12-3-5-13(16)6-4-12/h3-6,11H,7-10H2,1-2H3,(H2,17,18,19). The summed E-state index contributed by atoms with van der Waals surface area (Å²) in [5, 5.41) is 6.53. The molecule has 4 nitrogen and oxygen atoms in total. The first-order valence-corrected chi connectivity index (χ1v) is 7.23. The molecule has 0 bridgehead atoms. The van der Waals surface area contributed by atoms with Crippen LogP contribution >= 0.6 is 11.6 Å². The lowest BCUT2D eigenvalue weighted by Crippen LogP contribution is -2.45. The third-order valence-corrected chi connectivity index (χ3v) is 3.94. The molecule has 0 aliphatic heterocycles. The van der Waals surface area contributed by atoms with Gasteiger partial charge in [0.2, 0.25) is 0 Å². The maximum Gasteiger partial charge on any atom is 0.315 e. The van der Waals surface area contributed by atoms with E-state index >= 15 is 0 Å². The van der Waals surface area contributed by atoms with Crippen molar-refractivity contribution in [2.45, 2.75) is 31.2 Å². The van der Waals surface area contributed by atoms with E-state index in [1.807, 2.05) is 31.2 Å². The van der Waals surface area contributed by atoms with Gasteiger partial charge in [-0.15, -0.1) is 0 Å². The Balaban J connectivity index is 1.84. The van der Waals surface area contributed by atoms with Crippen LogP contribution in [0, 0.1) is 0 Å². The fourth-order valence-electron chi connectivity index (χ4n) is 2.34. The van der Waals surface area contributed by atoms with Crippen molar-refractivity contribution >= 4 is 17.6 Å². The zero-order valence-corrected chi connectivity index (χ0v) is 12.7. The lowest BCUT2D eigenvalue weighted by atomic mass is 9.96. The van der Waals surface area contributed by atoms with E-state index in [-0.39, 0.29) is 17.5 Å². The number of ether oxygens (including phenoxy) is 1. The van der Waals surface area contributed by atoms with Crippen LogP contribution in [0.3, 0.4) is 0 Å². The minimum Gasteiger partial charge on any atom is -0.383 e. The van der Waals surface area contributed by atoms with Crippen LogP contribution in [-0.2, 0) is 10.2 Å². The summed E-state index contributed by atoms with van der Waals surface area (Å²) < 4.78 is 4.99. The number of hydrogen-bond acceptors (Lipinski definition) is 2. The number of carbonyl (C=O) groups is 1. The summed E-state index contributed by atoms with van der Waals surface area (Å²) in [6.45, 7) is 3.07. The Hall–Kier alpha value is -1.26. The molecule has 5 heteroatoms. The van der Waals surface area contributed by atoms with Crippen molar-refractivity contribution in [3.05, 3.63) is 34.9 Å². The Morgan fingerprint density at radius 3 is 2.60 bits per heavy atom. The fraction of sp³-hybridized carbons (Fsp3) is 0.533. The van der Waals surface area contributed by atoms with Crippen molar-refractivity contribution < 1.29 is 9.53 Å². The largest absolute Gasteiger partial charge is 0.383 e. The number of carbonyl (C=O) groups excluding carboxylic acids is 1. The zero-order chi connectivity index (χ0) is 14.6. The van der Waals surface area contributed by atoms with Gasteiger partial charge in [-0.05, 0) is 37.5 Å². The number of methoxy groups -OCH3 is 1. The van der Waals surface area contributed by atoms with Gasteiger partial charge in [-0.25, -0.2) is 4.79 Å². The zero-order valence-electron chi connectivity index (χ0n) is 11.9. The Bertz CT molecular complexity index is 457. The maximum absolute atomic E-state index is 11.8. The number of benzene rings is 1. The first-order valence-electron chi connectivity index (χ1n) is 6.85. The van der Waals surface area contributed by atoms with Gasteiger partial charge in [-0.3, -0.25) is 0 Å². The number of hydrogen-bond donors (Lipinski definition) is 2. The van der Waals surface area contributed by atoms with Crippen LogP contribution in [0.15, 0.2) is 24.3 Å². The molecule has 1 aromatic carbocycles. The molecule has 2 amide bonds. The number of halogens is 1. The van der Waals surface area contributed by atoms with E-state index in [1.165, 1.54) is 5.56 Å². The van der Waals surface area contributed by atoms with Crippen molar-refractivity contribution in [1.82, 2.24) is 10.6 Å². The highest BCUT2D eigenvalue weighted by atomic mass is 35.5. The normalized spacial score (nSPS) is 17.4. The summed E-state index contributed by atoms with van der Waals surface area (Å²) in [6.07, 6.45) is 2.20. The van der Waals surface area contributed by atoms with Crippen LogP contribution in [0.5, 0.6) is 0 Å². The summed E-state index contributed by atoms with van der Waals surface area (Å²) in [4.78, 5) is 11.8. The molecule has 0 spiro atoms. The molecule has 1 atom stereocenters. The molecule has 0 saturated heterocycles. The lowest BCUT2D eigenvalue weighted by molar-refractivity contribution is 0.170. The van der Waals surface area contributed by atoms with Crippen LogP contribution in [0.25, 0.3) is 0 Å². The predicted octanol–water partition coefficient (Wildman–Crippen LogP) is 2.71. The predicted molar refractivity (Wildman–Crippen MR) is 80.2 cm³/mol. The van der Waals surface area contributed by atoms with Gasteiger partial charge in [0.15, 0.2) is 0 Å². The lowest BCUT2D eigenvalue weighted by Gasteiger charge is -2.19. The van der Waals surface area contributed by atoms with Crippen molar-refractivity contribution in [2.75, 3.05) is 20.3 Å². The Kier molecular flexibility index (Phi) is 4.89. The second-order valence-corrected chi connectivity index (χ2v) is 5.91. The molecule has 2 rings (SSSR count). The number of nitrogens with one attached hydrogen (secondary N) is 2.